The van der Waals surface area contributed by atoms with Gasteiger partial charge in [0.2, 0.25) is 0 Å². The molecule has 4 nitrogen and oxygen atoms in total. The highest BCUT2D eigenvalue weighted by Crippen LogP contribution is 2.41. The molecule has 3 rings (SSSR count). The Kier molecular flexibility index (Phi) is 4.27. The lowest BCUT2D eigenvalue weighted by molar-refractivity contribution is -0.138. The van der Waals surface area contributed by atoms with Gasteiger partial charge in [-0.3, -0.25) is 9.69 Å². The normalized spacial score (nSPS) is 18.2. The zero-order valence-electron chi connectivity index (χ0n) is 12.7. The van der Waals surface area contributed by atoms with Crippen molar-refractivity contribution in [1.29, 1.82) is 0 Å². The van der Waals surface area contributed by atoms with Gasteiger partial charge in [-0.25, -0.2) is 4.98 Å². The van der Waals surface area contributed by atoms with Crippen molar-refractivity contribution < 1.29 is 9.90 Å². The van der Waals surface area contributed by atoms with Crippen molar-refractivity contribution in [3.63, 3.8) is 0 Å². The molecule has 1 fully saturated rings. The zero-order valence-corrected chi connectivity index (χ0v) is 13.5. The molecule has 1 aliphatic rings. The molecule has 0 bridgehead atoms. The van der Waals surface area contributed by atoms with Crippen LogP contribution < -0.4 is 0 Å². The number of thiazole rings is 1. The van der Waals surface area contributed by atoms with E-state index in [9.17, 15) is 4.79 Å². The highest BCUT2D eigenvalue weighted by molar-refractivity contribution is 7.09. The number of hydrogen-bond acceptors (Lipinski definition) is 4. The zero-order chi connectivity index (χ0) is 15.6. The van der Waals surface area contributed by atoms with Gasteiger partial charge in [0.15, 0.2) is 0 Å². The Balaban J connectivity index is 1.91. The molecule has 2 heterocycles. The van der Waals surface area contributed by atoms with Crippen LogP contribution in [0.3, 0.4) is 0 Å². The molecular formula is C17H20N2O2S. The van der Waals surface area contributed by atoms with E-state index in [0.29, 0.717) is 0 Å². The van der Waals surface area contributed by atoms with Gasteiger partial charge in [0.05, 0.1) is 17.2 Å². The minimum atomic E-state index is -0.753. The van der Waals surface area contributed by atoms with E-state index in [1.54, 1.807) is 11.3 Å². The lowest BCUT2D eigenvalue weighted by Gasteiger charge is -2.41. The van der Waals surface area contributed by atoms with Gasteiger partial charge in [0.25, 0.3) is 0 Å². The molecule has 0 saturated carbocycles. The SMILES string of the molecule is Cc1nc(C2(c3ccccc3)CCN(CC(=O)O)CC2)cs1. The molecule has 0 aliphatic carbocycles. The second-order valence-electron chi connectivity index (χ2n) is 5.87. The van der Waals surface area contributed by atoms with Crippen molar-refractivity contribution >= 4 is 17.3 Å². The molecule has 1 aliphatic heterocycles. The number of carbonyl (C=O) groups is 1. The Morgan fingerprint density at radius 3 is 2.55 bits per heavy atom. The van der Waals surface area contributed by atoms with Crippen molar-refractivity contribution in [2.24, 2.45) is 0 Å². The molecule has 116 valence electrons. The molecule has 0 amide bonds. The molecule has 5 heteroatoms. The van der Waals surface area contributed by atoms with Crippen LogP contribution in [0.5, 0.6) is 0 Å². The molecule has 0 unspecified atom stereocenters. The van der Waals surface area contributed by atoms with Crippen LogP contribution >= 0.6 is 11.3 Å². The van der Waals surface area contributed by atoms with Crippen LogP contribution in [0, 0.1) is 6.92 Å². The minimum Gasteiger partial charge on any atom is -0.480 e. The maximum absolute atomic E-state index is 10.9. The van der Waals surface area contributed by atoms with Crippen molar-refractivity contribution in [1.82, 2.24) is 9.88 Å². The Hall–Kier alpha value is -1.72. The lowest BCUT2D eigenvalue weighted by atomic mass is 9.70. The van der Waals surface area contributed by atoms with E-state index in [1.807, 2.05) is 17.9 Å². The molecule has 0 spiro atoms. The van der Waals surface area contributed by atoms with Gasteiger partial charge in [-0.05, 0) is 38.4 Å². The Morgan fingerprint density at radius 2 is 2.00 bits per heavy atom. The average Bonchev–Trinajstić information content (AvgIpc) is 2.96. The topological polar surface area (TPSA) is 53.4 Å². The van der Waals surface area contributed by atoms with Gasteiger partial charge >= 0.3 is 5.97 Å². The first-order valence-corrected chi connectivity index (χ1v) is 8.40. The predicted molar refractivity (Wildman–Crippen MR) is 87.4 cm³/mol. The predicted octanol–water partition coefficient (Wildman–Crippen LogP) is 2.92. The third-order valence-electron chi connectivity index (χ3n) is 4.50. The standard InChI is InChI=1S/C17H20N2O2S/c1-13-18-15(12-22-13)17(14-5-3-2-4-6-14)7-9-19(10-8-17)11-16(20)21/h2-6,12H,7-11H2,1H3,(H,20,21). The second kappa shape index (κ2) is 6.18. The van der Waals surface area contributed by atoms with Crippen LogP contribution in [0.4, 0.5) is 0 Å². The largest absolute Gasteiger partial charge is 0.480 e. The van der Waals surface area contributed by atoms with Crippen LogP contribution in [0.25, 0.3) is 0 Å². The molecule has 1 N–H and O–H groups in total. The van der Waals surface area contributed by atoms with Crippen LogP contribution in [-0.2, 0) is 10.2 Å². The van der Waals surface area contributed by atoms with Gasteiger partial charge in [0, 0.05) is 10.8 Å². The quantitative estimate of drug-likeness (QED) is 0.942. The molecule has 0 radical (unpaired) electrons. The summed E-state index contributed by atoms with van der Waals surface area (Å²) in [6, 6.07) is 10.5. The number of hydrogen-bond donors (Lipinski definition) is 1. The third kappa shape index (κ3) is 2.91. The van der Waals surface area contributed by atoms with Gasteiger partial charge < -0.3 is 5.11 Å². The number of benzene rings is 1. The van der Waals surface area contributed by atoms with Gasteiger partial charge in [0.1, 0.15) is 0 Å². The highest BCUT2D eigenvalue weighted by atomic mass is 32.1. The fourth-order valence-corrected chi connectivity index (χ4v) is 4.03. The van der Waals surface area contributed by atoms with E-state index in [-0.39, 0.29) is 12.0 Å². The number of aliphatic carboxylic acids is 1. The molecule has 0 atom stereocenters. The molecule has 1 saturated heterocycles. The van der Waals surface area contributed by atoms with E-state index in [0.717, 1.165) is 36.6 Å². The summed E-state index contributed by atoms with van der Waals surface area (Å²) in [6.07, 6.45) is 1.82. The van der Waals surface area contributed by atoms with E-state index < -0.39 is 5.97 Å². The summed E-state index contributed by atoms with van der Waals surface area (Å²) >= 11 is 1.68. The Bertz CT molecular complexity index is 646. The number of aryl methyl sites for hydroxylation is 1. The van der Waals surface area contributed by atoms with Crippen molar-refractivity contribution in [3.05, 3.63) is 52.0 Å². The summed E-state index contributed by atoms with van der Waals surface area (Å²) < 4.78 is 0. The minimum absolute atomic E-state index is 0.0823. The summed E-state index contributed by atoms with van der Waals surface area (Å²) in [5, 5.41) is 12.2. The molecule has 22 heavy (non-hydrogen) atoms. The Morgan fingerprint density at radius 1 is 1.32 bits per heavy atom. The number of carboxylic acids is 1. The summed E-state index contributed by atoms with van der Waals surface area (Å²) in [5.41, 5.74) is 2.34. The maximum Gasteiger partial charge on any atom is 0.317 e. The van der Waals surface area contributed by atoms with Crippen molar-refractivity contribution in [2.45, 2.75) is 25.2 Å². The fourth-order valence-electron chi connectivity index (χ4n) is 3.32. The number of aromatic nitrogens is 1. The van der Waals surface area contributed by atoms with Crippen LogP contribution in [-0.4, -0.2) is 40.6 Å². The van der Waals surface area contributed by atoms with E-state index in [2.05, 4.69) is 29.6 Å². The average molecular weight is 316 g/mol. The first-order valence-electron chi connectivity index (χ1n) is 7.52. The van der Waals surface area contributed by atoms with Gasteiger partial charge in [-0.1, -0.05) is 30.3 Å². The summed E-state index contributed by atoms with van der Waals surface area (Å²) in [5.74, 6) is -0.753. The number of nitrogens with zero attached hydrogens (tertiary/aromatic N) is 2. The van der Waals surface area contributed by atoms with E-state index in [4.69, 9.17) is 10.1 Å². The summed E-state index contributed by atoms with van der Waals surface area (Å²) in [4.78, 5) is 17.7. The summed E-state index contributed by atoms with van der Waals surface area (Å²) in [6.45, 7) is 3.74. The first-order chi connectivity index (χ1) is 10.6. The highest BCUT2D eigenvalue weighted by Gasteiger charge is 2.39. The van der Waals surface area contributed by atoms with Crippen molar-refractivity contribution in [3.8, 4) is 0 Å². The van der Waals surface area contributed by atoms with Crippen molar-refractivity contribution in [2.75, 3.05) is 19.6 Å². The number of piperidine rings is 1. The number of rotatable bonds is 4. The van der Waals surface area contributed by atoms with Crippen LogP contribution in [0.2, 0.25) is 0 Å². The Labute approximate surface area is 134 Å². The van der Waals surface area contributed by atoms with Crippen LogP contribution in [0.1, 0.15) is 29.1 Å². The fraction of sp³-hybridized carbons (Fsp3) is 0.412. The maximum atomic E-state index is 10.9. The number of carboxylic acid groups (broad SMARTS) is 1. The smallest absolute Gasteiger partial charge is 0.317 e. The van der Waals surface area contributed by atoms with Gasteiger partial charge in [-0.2, -0.15) is 0 Å². The molecular weight excluding hydrogens is 296 g/mol. The van der Waals surface area contributed by atoms with Crippen LogP contribution in [0.15, 0.2) is 35.7 Å². The molecule has 1 aromatic carbocycles. The van der Waals surface area contributed by atoms with E-state index in [1.165, 1.54) is 5.56 Å². The third-order valence-corrected chi connectivity index (χ3v) is 5.28. The summed E-state index contributed by atoms with van der Waals surface area (Å²) in [7, 11) is 0. The first kappa shape index (κ1) is 15.2. The molecule has 1 aromatic heterocycles. The molecule has 2 aromatic rings. The van der Waals surface area contributed by atoms with E-state index >= 15 is 0 Å². The lowest BCUT2D eigenvalue weighted by Crippen LogP contribution is -2.45. The second-order valence-corrected chi connectivity index (χ2v) is 6.93. The number of likely N-dealkylation sites (tertiary alicyclic amines) is 1. The van der Waals surface area contributed by atoms with Gasteiger partial charge in [-0.15, -0.1) is 11.3 Å². The monoisotopic (exact) mass is 316 g/mol.